The molecular formula is C28H38N6O5. The number of carbonyl (C=O) groups excluding carboxylic acids is 2. The third kappa shape index (κ3) is 5.81. The Bertz CT molecular complexity index is 1350. The Kier molecular flexibility index (Phi) is 8.98. The van der Waals surface area contributed by atoms with Crippen LogP contribution in [0.15, 0.2) is 32.9 Å². The lowest BCUT2D eigenvalue weighted by Gasteiger charge is -2.33. The van der Waals surface area contributed by atoms with E-state index in [4.69, 9.17) is 9.73 Å². The molecule has 1 atom stereocenters. The molecule has 2 aliphatic rings. The van der Waals surface area contributed by atoms with Gasteiger partial charge in [-0.05, 0) is 50.7 Å². The van der Waals surface area contributed by atoms with Crippen molar-refractivity contribution < 1.29 is 14.3 Å². The predicted octanol–water partition coefficient (Wildman–Crippen LogP) is 2.84. The zero-order chi connectivity index (χ0) is 28.1. The molecule has 2 aliphatic heterocycles. The van der Waals surface area contributed by atoms with Crippen molar-refractivity contribution in [1.82, 2.24) is 23.9 Å². The Morgan fingerprint density at radius 1 is 0.974 bits per heavy atom. The molecule has 0 bridgehead atoms. The van der Waals surface area contributed by atoms with E-state index in [1.54, 1.807) is 33.6 Å². The number of pyridine rings is 1. The van der Waals surface area contributed by atoms with Crippen molar-refractivity contribution in [2.75, 3.05) is 32.8 Å². The molecule has 1 fully saturated rings. The number of piperazine rings is 1. The van der Waals surface area contributed by atoms with Crippen LogP contribution in [0.5, 0.6) is 0 Å². The first-order valence-corrected chi connectivity index (χ1v) is 13.9. The average molecular weight is 539 g/mol. The SMILES string of the molecule is CCCn1c2c(c(=O)n(CCC)c1=O)CCC(C)C(c1ccc(C(=O)N3CCN(C(=O)OCC)CC3)nc1)=N2. The van der Waals surface area contributed by atoms with Crippen LogP contribution in [0.1, 0.15) is 68.6 Å². The molecule has 1 unspecified atom stereocenters. The summed E-state index contributed by atoms with van der Waals surface area (Å²) in [5, 5.41) is 0. The zero-order valence-corrected chi connectivity index (χ0v) is 23.3. The van der Waals surface area contributed by atoms with E-state index < -0.39 is 0 Å². The van der Waals surface area contributed by atoms with Crippen molar-refractivity contribution in [3.63, 3.8) is 0 Å². The first kappa shape index (κ1) is 28.3. The van der Waals surface area contributed by atoms with Gasteiger partial charge >= 0.3 is 11.8 Å². The summed E-state index contributed by atoms with van der Waals surface area (Å²) < 4.78 is 8.02. The van der Waals surface area contributed by atoms with Crippen molar-refractivity contribution >= 4 is 23.5 Å². The molecule has 0 N–H and O–H groups in total. The summed E-state index contributed by atoms with van der Waals surface area (Å²) in [6.45, 7) is 10.6. The van der Waals surface area contributed by atoms with E-state index in [2.05, 4.69) is 11.9 Å². The minimum Gasteiger partial charge on any atom is -0.450 e. The van der Waals surface area contributed by atoms with Gasteiger partial charge in [-0.25, -0.2) is 14.6 Å². The summed E-state index contributed by atoms with van der Waals surface area (Å²) in [5.41, 5.74) is 1.84. The van der Waals surface area contributed by atoms with Gasteiger partial charge in [-0.3, -0.25) is 23.7 Å². The third-order valence-corrected chi connectivity index (χ3v) is 7.28. The molecule has 0 aromatic carbocycles. The molecule has 11 heteroatoms. The van der Waals surface area contributed by atoms with Gasteiger partial charge in [0.1, 0.15) is 11.5 Å². The maximum Gasteiger partial charge on any atom is 0.409 e. The van der Waals surface area contributed by atoms with Crippen LogP contribution in [-0.2, 0) is 24.2 Å². The summed E-state index contributed by atoms with van der Waals surface area (Å²) in [6, 6.07) is 3.52. The molecule has 4 rings (SSSR count). The zero-order valence-electron chi connectivity index (χ0n) is 23.3. The number of carbonyl (C=O) groups is 2. The van der Waals surface area contributed by atoms with E-state index in [1.165, 1.54) is 4.57 Å². The van der Waals surface area contributed by atoms with Gasteiger partial charge in [-0.1, -0.05) is 20.8 Å². The molecule has 1 saturated heterocycles. The van der Waals surface area contributed by atoms with E-state index in [1.807, 2.05) is 19.9 Å². The number of fused-ring (bicyclic) bond motifs is 1. The number of amides is 2. The summed E-state index contributed by atoms with van der Waals surface area (Å²) >= 11 is 0. The minimum atomic E-state index is -0.361. The van der Waals surface area contributed by atoms with E-state index in [9.17, 15) is 19.2 Å². The lowest BCUT2D eigenvalue weighted by molar-refractivity contribution is 0.0566. The lowest BCUT2D eigenvalue weighted by atomic mass is 9.94. The summed E-state index contributed by atoms with van der Waals surface area (Å²) in [4.78, 5) is 64.1. The normalized spacial score (nSPS) is 17.3. The lowest BCUT2D eigenvalue weighted by Crippen LogP contribution is -2.50. The second kappa shape index (κ2) is 12.4. The Morgan fingerprint density at radius 2 is 1.64 bits per heavy atom. The topological polar surface area (TPSA) is 119 Å². The van der Waals surface area contributed by atoms with Gasteiger partial charge in [0.2, 0.25) is 0 Å². The van der Waals surface area contributed by atoms with Crippen molar-refractivity contribution in [3.05, 3.63) is 56.0 Å². The second-order valence-corrected chi connectivity index (χ2v) is 10.0. The second-order valence-electron chi connectivity index (χ2n) is 10.0. The fraction of sp³-hybridized carbons (Fsp3) is 0.571. The van der Waals surface area contributed by atoms with Crippen LogP contribution in [0.4, 0.5) is 10.6 Å². The van der Waals surface area contributed by atoms with Crippen molar-refractivity contribution in [2.24, 2.45) is 10.9 Å². The molecule has 4 heterocycles. The number of rotatable bonds is 7. The summed E-state index contributed by atoms with van der Waals surface area (Å²) in [7, 11) is 0. The highest BCUT2D eigenvalue weighted by Gasteiger charge is 2.28. The van der Waals surface area contributed by atoms with E-state index >= 15 is 0 Å². The standard InChI is InChI=1S/C28H38N6O5/c1-5-12-33-24-21(25(35)34(13-6-2)27(33)37)10-8-19(4)23(30-24)20-9-11-22(29-18-20)26(36)31-14-16-32(17-15-31)28(38)39-7-3/h9,11,18-19H,5-8,10,12-17H2,1-4H3. The van der Waals surface area contributed by atoms with Gasteiger partial charge in [0.25, 0.3) is 11.5 Å². The fourth-order valence-corrected chi connectivity index (χ4v) is 5.15. The van der Waals surface area contributed by atoms with Crippen LogP contribution in [0.25, 0.3) is 0 Å². The summed E-state index contributed by atoms with van der Waals surface area (Å²) in [6.07, 6.45) is 3.97. The predicted molar refractivity (Wildman–Crippen MR) is 148 cm³/mol. The first-order chi connectivity index (χ1) is 18.8. The molecule has 0 radical (unpaired) electrons. The molecule has 0 spiro atoms. The number of aromatic nitrogens is 3. The van der Waals surface area contributed by atoms with Crippen LogP contribution in [0, 0.1) is 5.92 Å². The monoisotopic (exact) mass is 538 g/mol. The first-order valence-electron chi connectivity index (χ1n) is 13.9. The van der Waals surface area contributed by atoms with Crippen LogP contribution in [0.3, 0.4) is 0 Å². The molecular weight excluding hydrogens is 500 g/mol. The Hall–Kier alpha value is -3.76. The molecule has 2 aromatic heterocycles. The highest BCUT2D eigenvalue weighted by molar-refractivity contribution is 6.04. The van der Waals surface area contributed by atoms with E-state index in [-0.39, 0.29) is 29.2 Å². The van der Waals surface area contributed by atoms with Crippen molar-refractivity contribution in [1.29, 1.82) is 0 Å². The molecule has 39 heavy (non-hydrogen) atoms. The third-order valence-electron chi connectivity index (χ3n) is 7.28. The van der Waals surface area contributed by atoms with Gasteiger partial charge < -0.3 is 14.5 Å². The quantitative estimate of drug-likeness (QED) is 0.535. The largest absolute Gasteiger partial charge is 0.450 e. The Morgan fingerprint density at radius 3 is 2.26 bits per heavy atom. The molecule has 2 amide bonds. The maximum atomic E-state index is 13.2. The van der Waals surface area contributed by atoms with Crippen LogP contribution in [-0.4, -0.2) is 74.4 Å². The number of hydrogen-bond donors (Lipinski definition) is 0. The average Bonchev–Trinajstić information content (AvgIpc) is 3.12. The van der Waals surface area contributed by atoms with Gasteiger partial charge in [0.05, 0.1) is 17.9 Å². The highest BCUT2D eigenvalue weighted by Crippen LogP contribution is 2.27. The van der Waals surface area contributed by atoms with Gasteiger partial charge in [0.15, 0.2) is 0 Å². The highest BCUT2D eigenvalue weighted by atomic mass is 16.6. The van der Waals surface area contributed by atoms with Crippen LogP contribution >= 0.6 is 0 Å². The molecule has 0 saturated carbocycles. The summed E-state index contributed by atoms with van der Waals surface area (Å²) in [5.74, 6) is 0.276. The Balaban J connectivity index is 1.61. The van der Waals surface area contributed by atoms with Gasteiger partial charge in [-0.15, -0.1) is 0 Å². The minimum absolute atomic E-state index is 0.0286. The number of aliphatic imine (C=N–C) groups is 1. The fourth-order valence-electron chi connectivity index (χ4n) is 5.15. The van der Waals surface area contributed by atoms with E-state index in [0.29, 0.717) is 82.2 Å². The van der Waals surface area contributed by atoms with Crippen LogP contribution in [0.2, 0.25) is 0 Å². The number of ether oxygens (including phenoxy) is 1. The van der Waals surface area contributed by atoms with Gasteiger partial charge in [-0.2, -0.15) is 0 Å². The van der Waals surface area contributed by atoms with E-state index in [0.717, 1.165) is 17.7 Å². The van der Waals surface area contributed by atoms with Crippen LogP contribution < -0.4 is 11.2 Å². The van der Waals surface area contributed by atoms with Gasteiger partial charge in [0, 0.05) is 51.0 Å². The number of hydrogen-bond acceptors (Lipinski definition) is 7. The van der Waals surface area contributed by atoms with Crippen molar-refractivity contribution in [2.45, 2.75) is 66.5 Å². The molecule has 2 aromatic rings. The number of nitrogens with zero attached hydrogens (tertiary/aromatic N) is 6. The molecule has 0 aliphatic carbocycles. The Labute approximate surface area is 228 Å². The molecule has 11 nitrogen and oxygen atoms in total. The smallest absolute Gasteiger partial charge is 0.409 e. The molecule has 210 valence electrons. The van der Waals surface area contributed by atoms with Crippen molar-refractivity contribution in [3.8, 4) is 0 Å². The maximum absolute atomic E-state index is 13.2.